The minimum absolute atomic E-state index is 0.0996. The highest BCUT2D eigenvalue weighted by molar-refractivity contribution is 5.94. The van der Waals surface area contributed by atoms with Gasteiger partial charge in [0.1, 0.15) is 5.82 Å². The lowest BCUT2D eigenvalue weighted by molar-refractivity contribution is 0.0938. The minimum Gasteiger partial charge on any atom is -0.344 e. The van der Waals surface area contributed by atoms with Gasteiger partial charge >= 0.3 is 0 Å². The van der Waals surface area contributed by atoms with Crippen LogP contribution >= 0.6 is 0 Å². The van der Waals surface area contributed by atoms with Crippen molar-refractivity contribution in [3.63, 3.8) is 0 Å². The zero-order valence-electron chi connectivity index (χ0n) is 12.4. The monoisotopic (exact) mass is 284 g/mol. The summed E-state index contributed by atoms with van der Waals surface area (Å²) >= 11 is 0. The summed E-state index contributed by atoms with van der Waals surface area (Å²) in [6.45, 7) is 3.86. The van der Waals surface area contributed by atoms with Gasteiger partial charge in [0, 0.05) is 23.8 Å². The summed E-state index contributed by atoms with van der Waals surface area (Å²) < 4.78 is 0. The van der Waals surface area contributed by atoms with Gasteiger partial charge in [-0.2, -0.15) is 0 Å². The van der Waals surface area contributed by atoms with Crippen LogP contribution in [-0.4, -0.2) is 20.9 Å². The highest BCUT2D eigenvalue weighted by Crippen LogP contribution is 2.20. The molecule has 2 N–H and O–H groups in total. The average molecular weight is 284 g/mol. The van der Waals surface area contributed by atoms with E-state index in [1.807, 2.05) is 19.9 Å². The Morgan fingerprint density at radius 1 is 1.29 bits per heavy atom. The molecule has 0 spiro atoms. The lowest BCUT2D eigenvalue weighted by Gasteiger charge is -2.16. The molecule has 1 atom stereocenters. The number of fused-ring (bicyclic) bond motifs is 1. The van der Waals surface area contributed by atoms with E-state index >= 15 is 0 Å². The normalized spacial score (nSPS) is 15.3. The zero-order valence-corrected chi connectivity index (χ0v) is 12.4. The van der Waals surface area contributed by atoms with E-state index in [1.54, 1.807) is 12.4 Å². The van der Waals surface area contributed by atoms with Crippen LogP contribution in [0.1, 0.15) is 58.9 Å². The van der Waals surface area contributed by atoms with Crippen LogP contribution in [0.3, 0.4) is 0 Å². The van der Waals surface area contributed by atoms with Crippen molar-refractivity contribution < 1.29 is 4.79 Å². The molecule has 0 bridgehead atoms. The molecule has 1 amide bonds. The first-order chi connectivity index (χ1) is 10.1. The van der Waals surface area contributed by atoms with Crippen molar-refractivity contribution in [2.24, 2.45) is 0 Å². The van der Waals surface area contributed by atoms with Crippen molar-refractivity contribution in [2.45, 2.75) is 45.6 Å². The molecule has 5 heteroatoms. The first kappa shape index (κ1) is 13.8. The average Bonchev–Trinajstić information content (AvgIpc) is 2.93. The van der Waals surface area contributed by atoms with Gasteiger partial charge in [-0.15, -0.1) is 0 Å². The van der Waals surface area contributed by atoms with Crippen LogP contribution in [0.25, 0.3) is 0 Å². The molecule has 2 aromatic heterocycles. The van der Waals surface area contributed by atoms with Gasteiger partial charge in [-0.25, -0.2) is 4.98 Å². The van der Waals surface area contributed by atoms with Crippen LogP contribution in [-0.2, 0) is 12.8 Å². The van der Waals surface area contributed by atoms with Gasteiger partial charge in [-0.3, -0.25) is 9.78 Å². The van der Waals surface area contributed by atoms with Gasteiger partial charge in [0.25, 0.3) is 5.91 Å². The number of nitrogens with zero attached hydrogens (tertiary/aromatic N) is 2. The van der Waals surface area contributed by atoms with E-state index < -0.39 is 0 Å². The van der Waals surface area contributed by atoms with E-state index in [2.05, 4.69) is 20.3 Å². The lowest BCUT2D eigenvalue weighted by Crippen LogP contribution is -2.27. The van der Waals surface area contributed by atoms with Gasteiger partial charge in [0.2, 0.25) is 0 Å². The Labute approximate surface area is 124 Å². The number of aryl methyl sites for hydroxylation is 3. The Hall–Kier alpha value is -2.17. The number of hydrogen-bond acceptors (Lipinski definition) is 3. The SMILES string of the molecule is Cc1cnc([C@@H](C)NC(=O)c2cnc3c(c2)CCCC3)[nH]1. The molecule has 5 nitrogen and oxygen atoms in total. The van der Waals surface area contributed by atoms with Crippen LogP contribution in [0.5, 0.6) is 0 Å². The third-order valence-corrected chi connectivity index (χ3v) is 3.91. The summed E-state index contributed by atoms with van der Waals surface area (Å²) in [6.07, 6.45) is 7.87. The quantitative estimate of drug-likeness (QED) is 0.909. The second-order valence-electron chi connectivity index (χ2n) is 5.68. The number of aromatic nitrogens is 3. The van der Waals surface area contributed by atoms with Gasteiger partial charge in [0.05, 0.1) is 11.6 Å². The number of hydrogen-bond donors (Lipinski definition) is 2. The molecule has 0 saturated heterocycles. The molecule has 0 saturated carbocycles. The fraction of sp³-hybridized carbons (Fsp3) is 0.438. The van der Waals surface area contributed by atoms with E-state index in [-0.39, 0.29) is 11.9 Å². The van der Waals surface area contributed by atoms with Gasteiger partial charge in [0.15, 0.2) is 0 Å². The summed E-state index contributed by atoms with van der Waals surface area (Å²) in [5, 5.41) is 2.96. The van der Waals surface area contributed by atoms with Crippen molar-refractivity contribution >= 4 is 5.91 Å². The maximum absolute atomic E-state index is 12.3. The Bertz CT molecular complexity index is 662. The van der Waals surface area contributed by atoms with Crippen LogP contribution in [0.4, 0.5) is 0 Å². The first-order valence-electron chi connectivity index (χ1n) is 7.43. The van der Waals surface area contributed by atoms with Crippen molar-refractivity contribution in [1.29, 1.82) is 0 Å². The number of rotatable bonds is 3. The maximum atomic E-state index is 12.3. The topological polar surface area (TPSA) is 70.7 Å². The number of carbonyl (C=O) groups is 1. The van der Waals surface area contributed by atoms with Gasteiger partial charge < -0.3 is 10.3 Å². The zero-order chi connectivity index (χ0) is 14.8. The molecule has 0 aromatic carbocycles. The second kappa shape index (κ2) is 5.68. The van der Waals surface area contributed by atoms with Crippen molar-refractivity contribution in [1.82, 2.24) is 20.3 Å². The number of pyridine rings is 1. The highest BCUT2D eigenvalue weighted by Gasteiger charge is 2.17. The second-order valence-corrected chi connectivity index (χ2v) is 5.68. The molecule has 1 aliphatic rings. The number of carbonyl (C=O) groups excluding carboxylic acids is 1. The summed E-state index contributed by atoms with van der Waals surface area (Å²) in [5.41, 5.74) is 3.98. The third-order valence-electron chi connectivity index (χ3n) is 3.91. The van der Waals surface area contributed by atoms with Crippen LogP contribution < -0.4 is 5.32 Å². The fourth-order valence-electron chi connectivity index (χ4n) is 2.71. The Morgan fingerprint density at radius 2 is 2.10 bits per heavy atom. The predicted molar refractivity (Wildman–Crippen MR) is 80.1 cm³/mol. The summed E-state index contributed by atoms with van der Waals surface area (Å²) in [7, 11) is 0. The molecule has 0 aliphatic heterocycles. The molecule has 110 valence electrons. The molecule has 0 radical (unpaired) electrons. The number of aromatic amines is 1. The standard InChI is InChI=1S/C16H20N4O/c1-10-8-18-15(19-10)11(2)20-16(21)13-7-12-5-3-4-6-14(12)17-9-13/h7-9,11H,3-6H2,1-2H3,(H,18,19)(H,20,21)/t11-/m1/s1. The van der Waals surface area contributed by atoms with Gasteiger partial charge in [-0.05, 0) is 51.2 Å². The minimum atomic E-state index is -0.151. The maximum Gasteiger partial charge on any atom is 0.253 e. The highest BCUT2D eigenvalue weighted by atomic mass is 16.1. The fourth-order valence-corrected chi connectivity index (χ4v) is 2.71. The number of amides is 1. The van der Waals surface area contributed by atoms with E-state index in [9.17, 15) is 4.79 Å². The summed E-state index contributed by atoms with van der Waals surface area (Å²) in [5.74, 6) is 0.671. The molecule has 2 aromatic rings. The number of H-pyrrole nitrogens is 1. The van der Waals surface area contributed by atoms with E-state index in [0.29, 0.717) is 5.56 Å². The molecular formula is C16H20N4O. The molecule has 3 rings (SSSR count). The summed E-state index contributed by atoms with van der Waals surface area (Å²) in [4.78, 5) is 24.2. The molecule has 2 heterocycles. The predicted octanol–water partition coefficient (Wildman–Crippen LogP) is 2.48. The lowest BCUT2D eigenvalue weighted by atomic mass is 9.95. The van der Waals surface area contributed by atoms with Crippen molar-refractivity contribution in [2.75, 3.05) is 0 Å². The number of imidazole rings is 1. The Morgan fingerprint density at radius 3 is 2.86 bits per heavy atom. The van der Waals surface area contributed by atoms with E-state index in [0.717, 1.165) is 30.1 Å². The van der Waals surface area contributed by atoms with Gasteiger partial charge in [-0.1, -0.05) is 0 Å². The molecule has 0 unspecified atom stereocenters. The molecular weight excluding hydrogens is 264 g/mol. The Balaban J connectivity index is 1.73. The van der Waals surface area contributed by atoms with E-state index in [1.165, 1.54) is 18.4 Å². The van der Waals surface area contributed by atoms with Crippen molar-refractivity contribution in [3.8, 4) is 0 Å². The van der Waals surface area contributed by atoms with Crippen LogP contribution in [0, 0.1) is 6.92 Å². The third kappa shape index (κ3) is 2.96. The molecule has 21 heavy (non-hydrogen) atoms. The summed E-state index contributed by atoms with van der Waals surface area (Å²) in [6, 6.07) is 1.83. The molecule has 0 fully saturated rings. The van der Waals surface area contributed by atoms with Crippen molar-refractivity contribution in [3.05, 3.63) is 46.8 Å². The first-order valence-corrected chi connectivity index (χ1v) is 7.43. The van der Waals surface area contributed by atoms with E-state index in [4.69, 9.17) is 0 Å². The largest absolute Gasteiger partial charge is 0.344 e. The Kier molecular flexibility index (Phi) is 3.73. The van der Waals surface area contributed by atoms with Crippen LogP contribution in [0.15, 0.2) is 18.5 Å². The molecule has 1 aliphatic carbocycles. The van der Waals surface area contributed by atoms with Crippen LogP contribution in [0.2, 0.25) is 0 Å². The number of nitrogens with one attached hydrogen (secondary N) is 2. The smallest absolute Gasteiger partial charge is 0.253 e.